The highest BCUT2D eigenvalue weighted by atomic mass is 16.3. The third kappa shape index (κ3) is 5.25. The minimum atomic E-state index is 0.220. The molecule has 3 rings (SSSR count). The van der Waals surface area contributed by atoms with E-state index in [1.165, 1.54) is 12.8 Å². The first-order valence-electron chi connectivity index (χ1n) is 10.1. The quantitative estimate of drug-likeness (QED) is 0.539. The number of aromatic nitrogens is 1. The molecule has 1 saturated heterocycles. The molecule has 1 aliphatic heterocycles. The lowest BCUT2D eigenvalue weighted by molar-refractivity contribution is 0.215. The summed E-state index contributed by atoms with van der Waals surface area (Å²) in [6, 6.07) is 8.28. The van der Waals surface area contributed by atoms with E-state index in [4.69, 9.17) is 9.41 Å². The molecule has 2 N–H and O–H groups in total. The molecule has 0 aliphatic carbocycles. The van der Waals surface area contributed by atoms with Crippen LogP contribution in [0.5, 0.6) is 0 Å². The molecule has 28 heavy (non-hydrogen) atoms. The van der Waals surface area contributed by atoms with Crippen molar-refractivity contribution in [1.82, 2.24) is 20.5 Å². The first kappa shape index (κ1) is 20.2. The fourth-order valence-electron chi connectivity index (χ4n) is 3.60. The number of pyridine rings is 1. The molecule has 1 fully saturated rings. The van der Waals surface area contributed by atoms with Crippen LogP contribution in [-0.4, -0.2) is 56.1 Å². The van der Waals surface area contributed by atoms with E-state index in [0.29, 0.717) is 6.54 Å². The summed E-state index contributed by atoms with van der Waals surface area (Å²) in [7, 11) is 4.01. The van der Waals surface area contributed by atoms with Crippen molar-refractivity contribution in [3.05, 3.63) is 48.0 Å². The molecule has 0 radical (unpaired) electrons. The molecular formula is C21H32N6O. The van der Waals surface area contributed by atoms with Crippen LogP contribution in [0.1, 0.15) is 37.1 Å². The number of nitrogens with zero attached hydrogens (tertiary/aromatic N) is 4. The largest absolute Gasteiger partial charge is 0.468 e. The number of likely N-dealkylation sites (tertiary alicyclic amines) is 1. The Kier molecular flexibility index (Phi) is 7.31. The minimum Gasteiger partial charge on any atom is -0.468 e. The topological polar surface area (TPSA) is 68.9 Å². The summed E-state index contributed by atoms with van der Waals surface area (Å²) >= 11 is 0. The number of anilines is 1. The molecule has 3 heterocycles. The lowest BCUT2D eigenvalue weighted by Crippen LogP contribution is -2.42. The molecule has 1 atom stereocenters. The van der Waals surface area contributed by atoms with E-state index in [-0.39, 0.29) is 6.04 Å². The van der Waals surface area contributed by atoms with Gasteiger partial charge in [-0.15, -0.1) is 0 Å². The molecule has 0 spiro atoms. The number of rotatable bonds is 8. The van der Waals surface area contributed by atoms with Gasteiger partial charge in [-0.1, -0.05) is 6.07 Å². The predicted octanol–water partition coefficient (Wildman–Crippen LogP) is 2.63. The van der Waals surface area contributed by atoms with E-state index in [9.17, 15) is 0 Å². The van der Waals surface area contributed by atoms with E-state index in [1.54, 1.807) is 6.26 Å². The molecule has 0 saturated carbocycles. The summed E-state index contributed by atoms with van der Waals surface area (Å²) in [5.74, 6) is 2.77. The predicted molar refractivity (Wildman–Crippen MR) is 114 cm³/mol. The van der Waals surface area contributed by atoms with Crippen LogP contribution in [-0.2, 0) is 6.54 Å². The highest BCUT2D eigenvalue weighted by molar-refractivity contribution is 5.79. The third-order valence-electron chi connectivity index (χ3n) is 4.96. The van der Waals surface area contributed by atoms with Gasteiger partial charge >= 0.3 is 0 Å². The fraction of sp³-hybridized carbons (Fsp3) is 0.524. The Morgan fingerprint density at radius 2 is 2.07 bits per heavy atom. The van der Waals surface area contributed by atoms with E-state index in [0.717, 1.165) is 49.3 Å². The SMILES string of the molecule is CCNC(=NCc1cccnc1N(C)C)NCC(c1ccco1)N1CCCC1. The molecule has 152 valence electrons. The van der Waals surface area contributed by atoms with Gasteiger partial charge in [-0.05, 0) is 51.1 Å². The number of nitrogens with one attached hydrogen (secondary N) is 2. The second kappa shape index (κ2) is 10.1. The van der Waals surface area contributed by atoms with Gasteiger partial charge in [0.1, 0.15) is 11.6 Å². The first-order chi connectivity index (χ1) is 13.7. The zero-order chi connectivity index (χ0) is 19.8. The Bertz CT molecular complexity index is 737. The lowest BCUT2D eigenvalue weighted by atomic mass is 10.2. The van der Waals surface area contributed by atoms with Crippen molar-refractivity contribution in [2.24, 2.45) is 4.99 Å². The lowest BCUT2D eigenvalue weighted by Gasteiger charge is -2.26. The molecule has 2 aromatic heterocycles. The Morgan fingerprint density at radius 3 is 2.75 bits per heavy atom. The van der Waals surface area contributed by atoms with Crippen LogP contribution in [0, 0.1) is 0 Å². The zero-order valence-corrected chi connectivity index (χ0v) is 17.2. The van der Waals surface area contributed by atoms with Crippen LogP contribution in [0.2, 0.25) is 0 Å². The maximum atomic E-state index is 5.72. The second-order valence-electron chi connectivity index (χ2n) is 7.23. The van der Waals surface area contributed by atoms with Crippen LogP contribution >= 0.6 is 0 Å². The average molecular weight is 385 g/mol. The van der Waals surface area contributed by atoms with E-state index in [1.807, 2.05) is 37.3 Å². The monoisotopic (exact) mass is 384 g/mol. The normalized spacial score (nSPS) is 16.2. The average Bonchev–Trinajstić information content (AvgIpc) is 3.41. The number of guanidine groups is 1. The summed E-state index contributed by atoms with van der Waals surface area (Å²) in [6.45, 7) is 6.45. The van der Waals surface area contributed by atoms with Crippen LogP contribution in [0.4, 0.5) is 5.82 Å². The standard InChI is InChI=1S/C21H32N6O/c1-4-22-21(24-15-17-9-7-11-23-20(17)26(2)3)25-16-18(19-10-8-14-28-19)27-12-5-6-13-27/h7-11,14,18H,4-6,12-13,15-16H2,1-3H3,(H2,22,24,25). The molecule has 1 unspecified atom stereocenters. The van der Waals surface area contributed by atoms with Gasteiger partial charge in [-0.3, -0.25) is 4.90 Å². The maximum absolute atomic E-state index is 5.72. The molecule has 7 heteroatoms. The minimum absolute atomic E-state index is 0.220. The first-order valence-corrected chi connectivity index (χ1v) is 10.1. The molecule has 0 bridgehead atoms. The summed E-state index contributed by atoms with van der Waals surface area (Å²) < 4.78 is 5.72. The van der Waals surface area contributed by atoms with Gasteiger partial charge in [0.25, 0.3) is 0 Å². The molecule has 7 nitrogen and oxygen atoms in total. The van der Waals surface area contributed by atoms with Gasteiger partial charge in [0, 0.05) is 38.9 Å². The van der Waals surface area contributed by atoms with E-state index < -0.39 is 0 Å². The highest BCUT2D eigenvalue weighted by Gasteiger charge is 2.25. The smallest absolute Gasteiger partial charge is 0.191 e. The summed E-state index contributed by atoms with van der Waals surface area (Å²) in [5.41, 5.74) is 1.10. The Hall–Kier alpha value is -2.54. The van der Waals surface area contributed by atoms with Crippen molar-refractivity contribution >= 4 is 11.8 Å². The number of hydrogen-bond donors (Lipinski definition) is 2. The van der Waals surface area contributed by atoms with Crippen molar-refractivity contribution in [3.8, 4) is 0 Å². The van der Waals surface area contributed by atoms with Gasteiger partial charge in [-0.2, -0.15) is 0 Å². The molecular weight excluding hydrogens is 352 g/mol. The zero-order valence-electron chi connectivity index (χ0n) is 17.2. The van der Waals surface area contributed by atoms with Crippen LogP contribution in [0.3, 0.4) is 0 Å². The van der Waals surface area contributed by atoms with Gasteiger partial charge in [0.05, 0.1) is 18.8 Å². The van der Waals surface area contributed by atoms with Crippen LogP contribution in [0.25, 0.3) is 0 Å². The number of aliphatic imine (C=N–C) groups is 1. The Morgan fingerprint density at radius 1 is 1.25 bits per heavy atom. The summed E-state index contributed by atoms with van der Waals surface area (Å²) in [4.78, 5) is 13.8. The molecule has 0 aromatic carbocycles. The molecule has 0 amide bonds. The fourth-order valence-corrected chi connectivity index (χ4v) is 3.60. The van der Waals surface area contributed by atoms with Crippen LogP contribution < -0.4 is 15.5 Å². The maximum Gasteiger partial charge on any atom is 0.191 e. The van der Waals surface area contributed by atoms with Crippen molar-refractivity contribution in [2.45, 2.75) is 32.4 Å². The second-order valence-corrected chi connectivity index (χ2v) is 7.23. The highest BCUT2D eigenvalue weighted by Crippen LogP contribution is 2.24. The molecule has 2 aromatic rings. The Balaban J connectivity index is 1.69. The van der Waals surface area contributed by atoms with E-state index >= 15 is 0 Å². The summed E-state index contributed by atoms with van der Waals surface area (Å²) in [6.07, 6.45) is 6.07. The van der Waals surface area contributed by atoms with Crippen molar-refractivity contribution in [2.75, 3.05) is 45.2 Å². The van der Waals surface area contributed by atoms with Crippen LogP contribution in [0.15, 0.2) is 46.1 Å². The van der Waals surface area contributed by atoms with Gasteiger partial charge in [0.2, 0.25) is 0 Å². The number of hydrogen-bond acceptors (Lipinski definition) is 5. The van der Waals surface area contributed by atoms with Gasteiger partial charge in [-0.25, -0.2) is 9.98 Å². The van der Waals surface area contributed by atoms with Gasteiger partial charge < -0.3 is 20.0 Å². The van der Waals surface area contributed by atoms with Gasteiger partial charge in [0.15, 0.2) is 5.96 Å². The Labute approximate surface area is 167 Å². The van der Waals surface area contributed by atoms with Crippen molar-refractivity contribution in [1.29, 1.82) is 0 Å². The summed E-state index contributed by atoms with van der Waals surface area (Å²) in [5, 5.41) is 6.86. The van der Waals surface area contributed by atoms with E-state index in [2.05, 4.69) is 39.6 Å². The van der Waals surface area contributed by atoms with Crippen molar-refractivity contribution in [3.63, 3.8) is 0 Å². The third-order valence-corrected chi connectivity index (χ3v) is 4.96. The molecule has 1 aliphatic rings. The van der Waals surface area contributed by atoms with Crippen molar-refractivity contribution < 1.29 is 4.42 Å². The number of furan rings is 1.